The zero-order valence-corrected chi connectivity index (χ0v) is 15.2. The number of aromatic nitrogens is 4. The molecule has 0 amide bonds. The van der Waals surface area contributed by atoms with Crippen LogP contribution in [-0.2, 0) is 19.5 Å². The van der Waals surface area contributed by atoms with Crippen molar-refractivity contribution in [1.82, 2.24) is 24.8 Å². The Labute approximate surface area is 157 Å². The highest BCUT2D eigenvalue weighted by atomic mass is 16.5. The highest BCUT2D eigenvalue weighted by Crippen LogP contribution is 2.23. The Morgan fingerprint density at radius 1 is 1.22 bits per heavy atom. The summed E-state index contributed by atoms with van der Waals surface area (Å²) in [5, 5.41) is 0. The van der Waals surface area contributed by atoms with Crippen LogP contribution in [0.3, 0.4) is 0 Å². The third kappa shape index (κ3) is 3.73. The maximum Gasteiger partial charge on any atom is 0.255 e. The fourth-order valence-corrected chi connectivity index (χ4v) is 3.35. The first-order valence-electron chi connectivity index (χ1n) is 9.05. The lowest BCUT2D eigenvalue weighted by molar-refractivity contribution is 0.236. The molecule has 0 atom stereocenters. The van der Waals surface area contributed by atoms with Crippen LogP contribution in [-0.4, -0.2) is 38.0 Å². The lowest BCUT2D eigenvalue weighted by Crippen LogP contribution is -2.35. The Hall–Kier alpha value is -3.06. The topological polar surface area (TPSA) is 84.0 Å². The average Bonchev–Trinajstić information content (AvgIpc) is 2.71. The molecular weight excluding hydrogens is 342 g/mol. The van der Waals surface area contributed by atoms with Crippen LogP contribution >= 0.6 is 0 Å². The molecule has 0 spiro atoms. The predicted octanol–water partition coefficient (Wildman–Crippen LogP) is 2.18. The molecule has 27 heavy (non-hydrogen) atoms. The van der Waals surface area contributed by atoms with E-state index in [1.165, 1.54) is 6.33 Å². The summed E-state index contributed by atoms with van der Waals surface area (Å²) in [6, 6.07) is 8.04. The molecule has 0 bridgehead atoms. The first kappa shape index (κ1) is 17.4. The summed E-state index contributed by atoms with van der Waals surface area (Å²) in [4.78, 5) is 30.4. The minimum absolute atomic E-state index is 0.0957. The number of nitrogens with one attached hydrogen (secondary N) is 1. The van der Waals surface area contributed by atoms with Gasteiger partial charge in [-0.05, 0) is 13.0 Å². The number of para-hydroxylation sites is 1. The lowest BCUT2D eigenvalue weighted by Gasteiger charge is -2.28. The van der Waals surface area contributed by atoms with E-state index in [9.17, 15) is 4.79 Å². The second-order valence-electron chi connectivity index (χ2n) is 6.47. The number of ether oxygens (including phenoxy) is 1. The van der Waals surface area contributed by atoms with Crippen molar-refractivity contribution in [2.24, 2.45) is 0 Å². The molecule has 3 heterocycles. The van der Waals surface area contributed by atoms with Crippen LogP contribution in [0.15, 0.2) is 47.8 Å². The first-order valence-corrected chi connectivity index (χ1v) is 9.05. The normalized spacial score (nSPS) is 14.0. The fourth-order valence-electron chi connectivity index (χ4n) is 3.35. The van der Waals surface area contributed by atoms with E-state index >= 15 is 0 Å². The number of H-pyrrole nitrogens is 1. The molecule has 7 nitrogen and oxygen atoms in total. The van der Waals surface area contributed by atoms with Crippen LogP contribution in [0.2, 0.25) is 0 Å². The van der Waals surface area contributed by atoms with Crippen molar-refractivity contribution in [1.29, 1.82) is 0 Å². The Morgan fingerprint density at radius 2 is 2.04 bits per heavy atom. The van der Waals surface area contributed by atoms with Crippen molar-refractivity contribution >= 4 is 0 Å². The van der Waals surface area contributed by atoms with Crippen LogP contribution in [0.5, 0.6) is 5.75 Å². The van der Waals surface area contributed by atoms with Gasteiger partial charge in [0.25, 0.3) is 5.56 Å². The number of rotatable bonds is 5. The van der Waals surface area contributed by atoms with Crippen LogP contribution in [0.25, 0.3) is 11.4 Å². The quantitative estimate of drug-likeness (QED) is 0.748. The molecule has 1 aliphatic heterocycles. The zero-order chi connectivity index (χ0) is 18.6. The molecule has 0 fully saturated rings. The third-order valence-corrected chi connectivity index (χ3v) is 4.65. The fraction of sp³-hybridized carbons (Fsp3) is 0.300. The maximum absolute atomic E-state index is 12.6. The first-order chi connectivity index (χ1) is 13.2. The Bertz CT molecular complexity index is 987. The van der Waals surface area contributed by atoms with E-state index in [4.69, 9.17) is 4.74 Å². The van der Waals surface area contributed by atoms with E-state index in [0.29, 0.717) is 24.5 Å². The highest BCUT2D eigenvalue weighted by molar-refractivity contribution is 5.52. The van der Waals surface area contributed by atoms with Crippen LogP contribution in [0, 0.1) is 0 Å². The summed E-state index contributed by atoms with van der Waals surface area (Å²) >= 11 is 0. The van der Waals surface area contributed by atoms with Gasteiger partial charge in [0.05, 0.1) is 23.4 Å². The van der Waals surface area contributed by atoms with Gasteiger partial charge in [-0.3, -0.25) is 9.69 Å². The van der Waals surface area contributed by atoms with E-state index in [0.717, 1.165) is 42.1 Å². The summed E-state index contributed by atoms with van der Waals surface area (Å²) in [6.07, 6.45) is 5.49. The van der Waals surface area contributed by atoms with Gasteiger partial charge in [-0.15, -0.1) is 0 Å². The minimum atomic E-state index is -0.0957. The average molecular weight is 363 g/mol. The lowest BCUT2D eigenvalue weighted by atomic mass is 10.1. The van der Waals surface area contributed by atoms with Crippen molar-refractivity contribution in [3.05, 3.63) is 70.2 Å². The molecule has 1 N–H and O–H groups in total. The van der Waals surface area contributed by atoms with E-state index in [-0.39, 0.29) is 5.56 Å². The highest BCUT2D eigenvalue weighted by Gasteiger charge is 2.22. The zero-order valence-electron chi connectivity index (χ0n) is 15.2. The minimum Gasteiger partial charge on any atom is -0.494 e. The molecule has 0 aliphatic carbocycles. The molecule has 138 valence electrons. The van der Waals surface area contributed by atoms with Crippen molar-refractivity contribution in [3.63, 3.8) is 0 Å². The molecular formula is C20H21N5O2. The monoisotopic (exact) mass is 363 g/mol. The molecule has 3 aromatic rings. The second-order valence-corrected chi connectivity index (χ2v) is 6.47. The number of aromatic amines is 1. The molecule has 1 aliphatic rings. The summed E-state index contributed by atoms with van der Waals surface area (Å²) in [7, 11) is 0. The maximum atomic E-state index is 12.6. The molecule has 1 aromatic carbocycles. The second kappa shape index (κ2) is 7.67. The van der Waals surface area contributed by atoms with Crippen molar-refractivity contribution in [2.75, 3.05) is 13.2 Å². The largest absolute Gasteiger partial charge is 0.494 e. The van der Waals surface area contributed by atoms with Gasteiger partial charge in [0.2, 0.25) is 0 Å². The van der Waals surface area contributed by atoms with Crippen LogP contribution < -0.4 is 10.3 Å². The molecule has 2 aromatic heterocycles. The smallest absolute Gasteiger partial charge is 0.255 e. The van der Waals surface area contributed by atoms with Crippen LogP contribution in [0.1, 0.15) is 23.7 Å². The van der Waals surface area contributed by atoms with E-state index in [1.54, 1.807) is 12.4 Å². The predicted molar refractivity (Wildman–Crippen MR) is 101 cm³/mol. The van der Waals surface area contributed by atoms with Crippen molar-refractivity contribution in [3.8, 4) is 17.1 Å². The molecule has 0 saturated carbocycles. The number of benzene rings is 1. The SMILES string of the molecule is CCOc1ccccc1CN1CCc2nc(-c3cncnc3)[nH]c(=O)c2C1. The Morgan fingerprint density at radius 3 is 2.85 bits per heavy atom. The summed E-state index contributed by atoms with van der Waals surface area (Å²) in [5.74, 6) is 1.42. The standard InChI is InChI=1S/C20H21N5O2/c1-2-27-18-6-4-3-5-14(18)11-25-8-7-17-16(12-25)20(26)24-19(23-17)15-9-21-13-22-10-15/h3-6,9-10,13H,2,7-8,11-12H2,1H3,(H,23,24,26). The molecule has 7 heteroatoms. The summed E-state index contributed by atoms with van der Waals surface area (Å²) in [5.41, 5.74) is 3.33. The van der Waals surface area contributed by atoms with Crippen LogP contribution in [0.4, 0.5) is 0 Å². The van der Waals surface area contributed by atoms with Gasteiger partial charge in [-0.1, -0.05) is 18.2 Å². The number of fused-ring (bicyclic) bond motifs is 1. The van der Waals surface area contributed by atoms with Crippen molar-refractivity contribution in [2.45, 2.75) is 26.4 Å². The van der Waals surface area contributed by atoms with Gasteiger partial charge in [0, 0.05) is 44.0 Å². The van der Waals surface area contributed by atoms with Gasteiger partial charge in [-0.2, -0.15) is 0 Å². The van der Waals surface area contributed by atoms with Gasteiger partial charge >= 0.3 is 0 Å². The Balaban J connectivity index is 1.57. The summed E-state index contributed by atoms with van der Waals surface area (Å²) in [6.45, 7) is 4.77. The molecule has 0 unspecified atom stereocenters. The van der Waals surface area contributed by atoms with Crippen molar-refractivity contribution < 1.29 is 4.74 Å². The van der Waals surface area contributed by atoms with E-state index in [1.807, 2.05) is 25.1 Å². The molecule has 0 radical (unpaired) electrons. The molecule has 0 saturated heterocycles. The Kier molecular flexibility index (Phi) is 4.93. The molecule has 4 rings (SSSR count). The van der Waals surface area contributed by atoms with Gasteiger partial charge < -0.3 is 9.72 Å². The number of hydrogen-bond acceptors (Lipinski definition) is 6. The van der Waals surface area contributed by atoms with E-state index in [2.05, 4.69) is 30.9 Å². The number of hydrogen-bond donors (Lipinski definition) is 1. The van der Waals surface area contributed by atoms with E-state index < -0.39 is 0 Å². The number of nitrogens with zero attached hydrogens (tertiary/aromatic N) is 4. The summed E-state index contributed by atoms with van der Waals surface area (Å²) < 4.78 is 5.72. The third-order valence-electron chi connectivity index (χ3n) is 4.65. The van der Waals surface area contributed by atoms with Gasteiger partial charge in [0.15, 0.2) is 0 Å². The van der Waals surface area contributed by atoms with Gasteiger partial charge in [-0.25, -0.2) is 15.0 Å². The van der Waals surface area contributed by atoms with Gasteiger partial charge in [0.1, 0.15) is 17.9 Å².